The Hall–Kier alpha value is -1.67. The fraction of sp³-hybridized carbons (Fsp3) is 0.294. The maximum absolute atomic E-state index is 14.3. The molecule has 0 heterocycles. The van der Waals surface area contributed by atoms with Gasteiger partial charge in [-0.1, -0.05) is 30.3 Å². The Morgan fingerprint density at radius 3 is 2.21 bits per heavy atom. The SMILES string of the molecule is Cc1cc(C)c(C(C)(O)c2ccccc2C)c(F)c1. The van der Waals surface area contributed by atoms with Crippen LogP contribution in [-0.2, 0) is 5.60 Å². The van der Waals surface area contributed by atoms with Crippen LogP contribution >= 0.6 is 0 Å². The molecule has 0 amide bonds. The first kappa shape index (κ1) is 13.8. The van der Waals surface area contributed by atoms with Gasteiger partial charge < -0.3 is 5.11 Å². The van der Waals surface area contributed by atoms with Crippen LogP contribution in [0.1, 0.15) is 34.7 Å². The number of hydrogen-bond donors (Lipinski definition) is 1. The predicted molar refractivity (Wildman–Crippen MR) is 75.7 cm³/mol. The molecule has 1 N–H and O–H groups in total. The highest BCUT2D eigenvalue weighted by atomic mass is 19.1. The fourth-order valence-corrected chi connectivity index (χ4v) is 2.79. The number of halogens is 1. The lowest BCUT2D eigenvalue weighted by Gasteiger charge is -2.28. The van der Waals surface area contributed by atoms with E-state index < -0.39 is 5.60 Å². The van der Waals surface area contributed by atoms with E-state index in [4.69, 9.17) is 0 Å². The first-order chi connectivity index (χ1) is 8.84. The first-order valence-corrected chi connectivity index (χ1v) is 6.39. The van der Waals surface area contributed by atoms with E-state index in [1.165, 1.54) is 6.07 Å². The smallest absolute Gasteiger partial charge is 0.130 e. The predicted octanol–water partition coefficient (Wildman–Crippen LogP) is 4.01. The van der Waals surface area contributed by atoms with Crippen LogP contribution in [0.3, 0.4) is 0 Å². The van der Waals surface area contributed by atoms with Gasteiger partial charge in [-0.3, -0.25) is 0 Å². The maximum Gasteiger partial charge on any atom is 0.130 e. The third-order valence-corrected chi connectivity index (χ3v) is 3.59. The molecule has 1 unspecified atom stereocenters. The molecule has 0 spiro atoms. The summed E-state index contributed by atoms with van der Waals surface area (Å²) < 4.78 is 14.3. The van der Waals surface area contributed by atoms with E-state index >= 15 is 0 Å². The van der Waals surface area contributed by atoms with Gasteiger partial charge in [-0.15, -0.1) is 0 Å². The average molecular weight is 258 g/mol. The average Bonchev–Trinajstić information content (AvgIpc) is 2.27. The number of benzene rings is 2. The molecular weight excluding hydrogens is 239 g/mol. The highest BCUT2D eigenvalue weighted by molar-refractivity contribution is 5.44. The van der Waals surface area contributed by atoms with Crippen molar-refractivity contribution in [3.63, 3.8) is 0 Å². The summed E-state index contributed by atoms with van der Waals surface area (Å²) in [6.45, 7) is 7.25. The summed E-state index contributed by atoms with van der Waals surface area (Å²) in [4.78, 5) is 0. The van der Waals surface area contributed by atoms with Crippen molar-refractivity contribution in [1.82, 2.24) is 0 Å². The Labute approximate surface area is 113 Å². The molecule has 1 nitrogen and oxygen atoms in total. The molecule has 100 valence electrons. The van der Waals surface area contributed by atoms with Gasteiger partial charge in [-0.2, -0.15) is 0 Å². The van der Waals surface area contributed by atoms with Gasteiger partial charge in [-0.25, -0.2) is 4.39 Å². The van der Waals surface area contributed by atoms with E-state index in [-0.39, 0.29) is 5.82 Å². The Balaban J connectivity index is 2.67. The second kappa shape index (κ2) is 4.78. The molecule has 0 saturated heterocycles. The molecule has 19 heavy (non-hydrogen) atoms. The van der Waals surface area contributed by atoms with Gasteiger partial charge in [0.15, 0.2) is 0 Å². The van der Waals surface area contributed by atoms with Crippen LogP contribution in [0.5, 0.6) is 0 Å². The molecule has 2 aromatic rings. The molecule has 0 saturated carbocycles. The highest BCUT2D eigenvalue weighted by Crippen LogP contribution is 2.35. The maximum atomic E-state index is 14.3. The molecule has 0 aliphatic heterocycles. The van der Waals surface area contributed by atoms with E-state index in [0.29, 0.717) is 5.56 Å². The molecule has 0 radical (unpaired) electrons. The standard InChI is InChI=1S/C17H19FO/c1-11-9-13(3)16(15(18)10-11)17(4,19)14-8-6-5-7-12(14)2/h5-10,19H,1-4H3. The molecular formula is C17H19FO. The Bertz CT molecular complexity index is 591. The van der Waals surface area contributed by atoms with Crippen molar-refractivity contribution in [2.24, 2.45) is 0 Å². The van der Waals surface area contributed by atoms with Crippen molar-refractivity contribution in [3.05, 3.63) is 70.0 Å². The molecule has 2 aromatic carbocycles. The van der Waals surface area contributed by atoms with Gasteiger partial charge >= 0.3 is 0 Å². The third-order valence-electron chi connectivity index (χ3n) is 3.59. The Kier molecular flexibility index (Phi) is 3.46. The molecule has 2 rings (SSSR count). The summed E-state index contributed by atoms with van der Waals surface area (Å²) in [5.74, 6) is -0.356. The molecule has 0 aromatic heterocycles. The van der Waals surface area contributed by atoms with Crippen LogP contribution < -0.4 is 0 Å². The van der Waals surface area contributed by atoms with Crippen molar-refractivity contribution < 1.29 is 9.50 Å². The Morgan fingerprint density at radius 1 is 1.00 bits per heavy atom. The molecule has 1 atom stereocenters. The van der Waals surface area contributed by atoms with Gasteiger partial charge in [0.25, 0.3) is 0 Å². The van der Waals surface area contributed by atoms with E-state index in [1.807, 2.05) is 51.1 Å². The molecule has 0 fully saturated rings. The monoisotopic (exact) mass is 258 g/mol. The number of rotatable bonds is 2. The second-order valence-electron chi connectivity index (χ2n) is 5.33. The van der Waals surface area contributed by atoms with Crippen molar-refractivity contribution in [3.8, 4) is 0 Å². The molecule has 0 aliphatic rings. The van der Waals surface area contributed by atoms with Crippen LogP contribution in [0.15, 0.2) is 36.4 Å². The summed E-state index contributed by atoms with van der Waals surface area (Å²) in [5, 5.41) is 10.9. The van der Waals surface area contributed by atoms with Gasteiger partial charge in [0.2, 0.25) is 0 Å². The van der Waals surface area contributed by atoms with Crippen LogP contribution in [0, 0.1) is 26.6 Å². The topological polar surface area (TPSA) is 20.2 Å². The van der Waals surface area contributed by atoms with Crippen molar-refractivity contribution in [2.45, 2.75) is 33.3 Å². The molecule has 0 bridgehead atoms. The van der Waals surface area contributed by atoms with Gasteiger partial charge in [0.1, 0.15) is 11.4 Å². The zero-order valence-corrected chi connectivity index (χ0v) is 11.8. The summed E-state index contributed by atoms with van der Waals surface area (Å²) >= 11 is 0. The van der Waals surface area contributed by atoms with E-state index in [0.717, 1.165) is 22.3 Å². The van der Waals surface area contributed by atoms with Gasteiger partial charge in [0, 0.05) is 5.56 Å². The van der Waals surface area contributed by atoms with E-state index in [9.17, 15) is 9.50 Å². The number of aliphatic hydroxyl groups is 1. The summed E-state index contributed by atoms with van der Waals surface area (Å²) in [6, 6.07) is 10.9. The second-order valence-corrected chi connectivity index (χ2v) is 5.33. The zero-order valence-electron chi connectivity index (χ0n) is 11.8. The summed E-state index contributed by atoms with van der Waals surface area (Å²) in [6.07, 6.45) is 0. The van der Waals surface area contributed by atoms with E-state index in [2.05, 4.69) is 0 Å². The van der Waals surface area contributed by atoms with Gasteiger partial charge in [0.05, 0.1) is 0 Å². The Morgan fingerprint density at radius 2 is 1.63 bits per heavy atom. The lowest BCUT2D eigenvalue weighted by Crippen LogP contribution is -2.26. The number of hydrogen-bond acceptors (Lipinski definition) is 1. The van der Waals surface area contributed by atoms with Crippen molar-refractivity contribution in [1.29, 1.82) is 0 Å². The largest absolute Gasteiger partial charge is 0.381 e. The minimum atomic E-state index is -1.33. The van der Waals surface area contributed by atoms with Gasteiger partial charge in [-0.05, 0) is 56.0 Å². The quantitative estimate of drug-likeness (QED) is 0.863. The van der Waals surface area contributed by atoms with Crippen LogP contribution in [-0.4, -0.2) is 5.11 Å². The molecule has 0 aliphatic carbocycles. The van der Waals surface area contributed by atoms with E-state index in [1.54, 1.807) is 6.92 Å². The van der Waals surface area contributed by atoms with Crippen molar-refractivity contribution >= 4 is 0 Å². The minimum Gasteiger partial charge on any atom is -0.381 e. The lowest BCUT2D eigenvalue weighted by molar-refractivity contribution is 0.0965. The van der Waals surface area contributed by atoms with Crippen molar-refractivity contribution in [2.75, 3.05) is 0 Å². The third kappa shape index (κ3) is 2.41. The van der Waals surface area contributed by atoms with Crippen LogP contribution in [0.4, 0.5) is 4.39 Å². The van der Waals surface area contributed by atoms with Crippen LogP contribution in [0.2, 0.25) is 0 Å². The summed E-state index contributed by atoms with van der Waals surface area (Å²) in [5.41, 5.74) is 2.35. The minimum absolute atomic E-state index is 0.354. The fourth-order valence-electron chi connectivity index (χ4n) is 2.79. The van der Waals surface area contributed by atoms with Crippen LogP contribution in [0.25, 0.3) is 0 Å². The first-order valence-electron chi connectivity index (χ1n) is 6.39. The number of aryl methyl sites for hydroxylation is 3. The molecule has 2 heteroatoms. The highest BCUT2D eigenvalue weighted by Gasteiger charge is 2.31. The summed E-state index contributed by atoms with van der Waals surface area (Å²) in [7, 11) is 0. The lowest BCUT2D eigenvalue weighted by atomic mass is 9.82. The zero-order chi connectivity index (χ0) is 14.2. The normalized spacial score (nSPS) is 14.2.